The Morgan fingerprint density at radius 3 is 2.93 bits per heavy atom. The van der Waals surface area contributed by atoms with Crippen LogP contribution in [-0.4, -0.2) is 12.3 Å². The lowest BCUT2D eigenvalue weighted by Gasteiger charge is -1.98. The fourth-order valence-corrected chi connectivity index (χ4v) is 1.70. The molecular weight excluding hydrogens is 194 g/mol. The van der Waals surface area contributed by atoms with Crippen LogP contribution in [0.3, 0.4) is 0 Å². The van der Waals surface area contributed by atoms with Crippen molar-refractivity contribution >= 4 is 17.3 Å². The standard InChI is InChI=1S/C12H12ClN/c1-2-9-6-12(14-8-9)10-4-3-5-11(13)7-10/h3-7H,2,8H2,1H3. The monoisotopic (exact) mass is 205 g/mol. The predicted octanol–water partition coefficient (Wildman–Crippen LogP) is 3.48. The summed E-state index contributed by atoms with van der Waals surface area (Å²) >= 11 is 5.92. The van der Waals surface area contributed by atoms with E-state index in [1.165, 1.54) is 5.57 Å². The van der Waals surface area contributed by atoms with Crippen LogP contribution in [0.15, 0.2) is 40.9 Å². The van der Waals surface area contributed by atoms with Gasteiger partial charge in [0.15, 0.2) is 0 Å². The first-order chi connectivity index (χ1) is 6.79. The zero-order chi connectivity index (χ0) is 9.97. The maximum atomic E-state index is 5.92. The molecule has 0 amide bonds. The third kappa shape index (κ3) is 1.88. The van der Waals surface area contributed by atoms with Gasteiger partial charge in [-0.15, -0.1) is 0 Å². The van der Waals surface area contributed by atoms with Crippen LogP contribution in [0, 0.1) is 0 Å². The molecule has 2 rings (SSSR count). The van der Waals surface area contributed by atoms with Crippen molar-refractivity contribution in [3.8, 4) is 0 Å². The Kier molecular flexibility index (Phi) is 2.69. The maximum Gasteiger partial charge on any atom is 0.0651 e. The Morgan fingerprint density at radius 1 is 1.43 bits per heavy atom. The van der Waals surface area contributed by atoms with Gasteiger partial charge in [-0.3, -0.25) is 4.99 Å². The van der Waals surface area contributed by atoms with Crippen LogP contribution in [0.25, 0.3) is 0 Å². The van der Waals surface area contributed by atoms with Crippen molar-refractivity contribution in [3.05, 3.63) is 46.5 Å². The summed E-state index contributed by atoms with van der Waals surface area (Å²) in [6, 6.07) is 7.83. The molecule has 1 nitrogen and oxygen atoms in total. The molecule has 1 aromatic rings. The number of hydrogen-bond donors (Lipinski definition) is 0. The number of nitrogens with zero attached hydrogens (tertiary/aromatic N) is 1. The van der Waals surface area contributed by atoms with Crippen molar-refractivity contribution < 1.29 is 0 Å². The molecule has 0 N–H and O–H groups in total. The first kappa shape index (κ1) is 9.47. The Hall–Kier alpha value is -1.08. The summed E-state index contributed by atoms with van der Waals surface area (Å²) in [6.07, 6.45) is 3.24. The zero-order valence-electron chi connectivity index (χ0n) is 8.13. The lowest BCUT2D eigenvalue weighted by Crippen LogP contribution is -1.92. The van der Waals surface area contributed by atoms with E-state index in [1.54, 1.807) is 0 Å². The Morgan fingerprint density at radius 2 is 2.29 bits per heavy atom. The molecule has 1 aliphatic rings. The zero-order valence-corrected chi connectivity index (χ0v) is 8.88. The van der Waals surface area contributed by atoms with E-state index in [9.17, 15) is 0 Å². The van der Waals surface area contributed by atoms with Crippen LogP contribution >= 0.6 is 11.6 Å². The number of rotatable bonds is 2. The van der Waals surface area contributed by atoms with Crippen molar-refractivity contribution in [1.29, 1.82) is 0 Å². The quantitative estimate of drug-likeness (QED) is 0.701. The molecule has 0 aliphatic carbocycles. The van der Waals surface area contributed by atoms with Gasteiger partial charge in [-0.25, -0.2) is 0 Å². The van der Waals surface area contributed by atoms with Gasteiger partial charge in [-0.05, 0) is 30.2 Å². The maximum absolute atomic E-state index is 5.92. The van der Waals surface area contributed by atoms with Gasteiger partial charge in [0.2, 0.25) is 0 Å². The van der Waals surface area contributed by atoms with Crippen molar-refractivity contribution in [3.63, 3.8) is 0 Å². The predicted molar refractivity (Wildman–Crippen MR) is 61.2 cm³/mol. The minimum absolute atomic E-state index is 0.767. The Labute approximate surface area is 89.1 Å². The van der Waals surface area contributed by atoms with Crippen LogP contribution in [0.4, 0.5) is 0 Å². The van der Waals surface area contributed by atoms with Crippen LogP contribution in [-0.2, 0) is 0 Å². The van der Waals surface area contributed by atoms with Gasteiger partial charge in [0.1, 0.15) is 0 Å². The Bertz CT molecular complexity index is 405. The number of allylic oxidation sites excluding steroid dienone is 1. The van der Waals surface area contributed by atoms with E-state index in [-0.39, 0.29) is 0 Å². The second-order valence-corrected chi connectivity index (χ2v) is 3.80. The molecule has 0 fully saturated rings. The average molecular weight is 206 g/mol. The molecule has 1 heterocycles. The molecule has 0 spiro atoms. The molecule has 2 heteroatoms. The molecule has 0 atom stereocenters. The molecule has 1 aromatic carbocycles. The van der Waals surface area contributed by atoms with Gasteiger partial charge in [-0.2, -0.15) is 0 Å². The summed E-state index contributed by atoms with van der Waals surface area (Å²) in [5.74, 6) is 0. The highest BCUT2D eigenvalue weighted by molar-refractivity contribution is 6.31. The second-order valence-electron chi connectivity index (χ2n) is 3.37. The highest BCUT2D eigenvalue weighted by atomic mass is 35.5. The summed E-state index contributed by atoms with van der Waals surface area (Å²) in [6.45, 7) is 3.00. The van der Waals surface area contributed by atoms with Gasteiger partial charge in [0.25, 0.3) is 0 Å². The third-order valence-electron chi connectivity index (χ3n) is 2.37. The van der Waals surface area contributed by atoms with Crippen LogP contribution < -0.4 is 0 Å². The minimum Gasteiger partial charge on any atom is -0.280 e. The van der Waals surface area contributed by atoms with Crippen molar-refractivity contribution in [1.82, 2.24) is 0 Å². The van der Waals surface area contributed by atoms with Crippen LogP contribution in [0.5, 0.6) is 0 Å². The highest BCUT2D eigenvalue weighted by Gasteiger charge is 2.08. The average Bonchev–Trinajstić information content (AvgIpc) is 2.66. The van der Waals surface area contributed by atoms with Crippen LogP contribution in [0.1, 0.15) is 18.9 Å². The van der Waals surface area contributed by atoms with E-state index in [2.05, 4.69) is 18.0 Å². The van der Waals surface area contributed by atoms with E-state index in [4.69, 9.17) is 11.6 Å². The molecule has 0 bridgehead atoms. The molecule has 0 unspecified atom stereocenters. The summed E-state index contributed by atoms with van der Waals surface area (Å²) in [5.41, 5.74) is 3.56. The second kappa shape index (κ2) is 3.97. The summed E-state index contributed by atoms with van der Waals surface area (Å²) in [5, 5.41) is 0.767. The van der Waals surface area contributed by atoms with Gasteiger partial charge in [0.05, 0.1) is 12.3 Å². The molecule has 1 aliphatic heterocycles. The highest BCUT2D eigenvalue weighted by Crippen LogP contribution is 2.17. The van der Waals surface area contributed by atoms with Gasteiger partial charge in [-0.1, -0.05) is 30.7 Å². The molecule has 14 heavy (non-hydrogen) atoms. The van der Waals surface area contributed by atoms with Gasteiger partial charge >= 0.3 is 0 Å². The van der Waals surface area contributed by atoms with E-state index in [1.807, 2.05) is 24.3 Å². The minimum atomic E-state index is 0.767. The molecule has 0 aromatic heterocycles. The number of halogens is 1. The lowest BCUT2D eigenvalue weighted by atomic mass is 10.1. The fraction of sp³-hybridized carbons (Fsp3) is 0.250. The molecule has 0 saturated carbocycles. The normalized spacial score (nSPS) is 15.3. The largest absolute Gasteiger partial charge is 0.280 e. The first-order valence-corrected chi connectivity index (χ1v) is 5.17. The molecular formula is C12H12ClN. The SMILES string of the molecule is CCC1=CC(c2cccc(Cl)c2)=NC1. The van der Waals surface area contributed by atoms with Gasteiger partial charge < -0.3 is 0 Å². The lowest BCUT2D eigenvalue weighted by molar-refractivity contribution is 1.03. The first-order valence-electron chi connectivity index (χ1n) is 4.79. The van der Waals surface area contributed by atoms with Gasteiger partial charge in [0, 0.05) is 10.6 Å². The molecule has 0 radical (unpaired) electrons. The Balaban J connectivity index is 2.29. The molecule has 0 saturated heterocycles. The van der Waals surface area contributed by atoms with E-state index >= 15 is 0 Å². The van der Waals surface area contributed by atoms with E-state index < -0.39 is 0 Å². The van der Waals surface area contributed by atoms with E-state index in [0.29, 0.717) is 0 Å². The third-order valence-corrected chi connectivity index (χ3v) is 2.60. The van der Waals surface area contributed by atoms with Crippen LogP contribution in [0.2, 0.25) is 5.02 Å². The summed E-state index contributed by atoms with van der Waals surface area (Å²) in [4.78, 5) is 4.46. The number of benzene rings is 1. The smallest absolute Gasteiger partial charge is 0.0651 e. The number of aliphatic imine (C=N–C) groups is 1. The van der Waals surface area contributed by atoms with Crippen molar-refractivity contribution in [2.75, 3.05) is 6.54 Å². The van der Waals surface area contributed by atoms with Crippen molar-refractivity contribution in [2.24, 2.45) is 4.99 Å². The topological polar surface area (TPSA) is 12.4 Å². The fourth-order valence-electron chi connectivity index (χ4n) is 1.51. The summed E-state index contributed by atoms with van der Waals surface area (Å²) < 4.78 is 0. The number of hydrogen-bond acceptors (Lipinski definition) is 1. The molecule has 72 valence electrons. The van der Waals surface area contributed by atoms with E-state index in [0.717, 1.165) is 29.3 Å². The van der Waals surface area contributed by atoms with Crippen molar-refractivity contribution in [2.45, 2.75) is 13.3 Å². The summed E-state index contributed by atoms with van der Waals surface area (Å²) in [7, 11) is 0.